The molecular weight excluding hydrogens is 560 g/mol. The lowest BCUT2D eigenvalue weighted by molar-refractivity contribution is -0.163. The first-order valence-electron chi connectivity index (χ1n) is 14.7. The quantitative estimate of drug-likeness (QED) is 0.0950. The molecule has 13 nitrogen and oxygen atoms in total. The molecule has 2 aliphatic rings. The minimum atomic E-state index is -0.727. The molecule has 43 heavy (non-hydrogen) atoms. The predicted octanol–water partition coefficient (Wildman–Crippen LogP) is 3.12. The number of nitrogens with zero attached hydrogens (tertiary/aromatic N) is 3. The number of hydrogen-bond donors (Lipinski definition) is 2. The molecule has 0 aromatic heterocycles. The molecule has 0 unspecified atom stereocenters. The van der Waals surface area contributed by atoms with Crippen molar-refractivity contribution in [3.8, 4) is 0 Å². The van der Waals surface area contributed by atoms with Crippen molar-refractivity contribution in [2.45, 2.75) is 71.5 Å². The summed E-state index contributed by atoms with van der Waals surface area (Å²) < 4.78 is 16.3. The van der Waals surface area contributed by atoms with Gasteiger partial charge in [-0.3, -0.25) is 9.59 Å². The summed E-state index contributed by atoms with van der Waals surface area (Å²) in [6, 6.07) is 6.36. The van der Waals surface area contributed by atoms with E-state index in [2.05, 4.69) is 5.16 Å². The first kappa shape index (κ1) is 33.8. The molecule has 3 rings (SSSR count). The second-order valence-electron chi connectivity index (χ2n) is 12.0. The van der Waals surface area contributed by atoms with Crippen molar-refractivity contribution >= 4 is 29.7 Å². The molecule has 0 radical (unpaired) electrons. The third kappa shape index (κ3) is 11.1. The molecule has 2 fully saturated rings. The van der Waals surface area contributed by atoms with Crippen LogP contribution < -0.4 is 5.73 Å². The van der Waals surface area contributed by atoms with Crippen LogP contribution in [-0.4, -0.2) is 95.9 Å². The number of ether oxygens (including phenoxy) is 3. The van der Waals surface area contributed by atoms with E-state index >= 15 is 0 Å². The normalized spacial score (nSPS) is 18.1. The molecule has 13 heteroatoms. The van der Waals surface area contributed by atoms with Crippen molar-refractivity contribution in [3.63, 3.8) is 0 Å². The number of hydroxylamine groups is 2. The first-order valence-corrected chi connectivity index (χ1v) is 14.7. The minimum absolute atomic E-state index is 0.0480. The molecule has 2 heterocycles. The molecule has 1 amide bonds. The number of piperidine rings is 2. The number of Topliss-reactive ketones (excluding diaryl/α,β-unsaturated/α-hetero) is 1. The number of benzene rings is 1. The Labute approximate surface area is 252 Å². The lowest BCUT2D eigenvalue weighted by Crippen LogP contribution is -2.43. The van der Waals surface area contributed by atoms with E-state index in [4.69, 9.17) is 30.0 Å². The van der Waals surface area contributed by atoms with Crippen molar-refractivity contribution in [2.75, 3.05) is 39.4 Å². The third-order valence-electron chi connectivity index (χ3n) is 7.36. The standard InChI is InChI=1S/C30H44N4O9/c1-20(17-25(35)22-5-7-23(8-6-22)27(31)32-39)28(37)33-13-11-24(12-14-33)40-19-26(36)41-18-21-9-15-34(16-10-21)43-29(38)42-30(2,3)4/h5-8,20-21,24,39H,9-19H2,1-4H3,(H2,31,32)/t20-/m1/s1. The highest BCUT2D eigenvalue weighted by Gasteiger charge is 2.29. The van der Waals surface area contributed by atoms with Crippen LogP contribution in [0.15, 0.2) is 29.4 Å². The Kier molecular flexibility index (Phi) is 12.3. The van der Waals surface area contributed by atoms with Gasteiger partial charge in [0.05, 0.1) is 12.7 Å². The number of esters is 1. The molecule has 0 spiro atoms. The fourth-order valence-electron chi connectivity index (χ4n) is 4.90. The van der Waals surface area contributed by atoms with Gasteiger partial charge in [0.1, 0.15) is 12.2 Å². The van der Waals surface area contributed by atoms with Crippen molar-refractivity contribution in [1.29, 1.82) is 0 Å². The molecule has 0 bridgehead atoms. The molecule has 0 saturated carbocycles. The van der Waals surface area contributed by atoms with E-state index in [0.717, 1.165) is 12.8 Å². The van der Waals surface area contributed by atoms with E-state index in [1.807, 2.05) is 0 Å². The number of oxime groups is 1. The maximum absolute atomic E-state index is 12.9. The molecule has 1 aromatic carbocycles. The van der Waals surface area contributed by atoms with E-state index in [1.54, 1.807) is 61.9 Å². The zero-order chi connectivity index (χ0) is 31.6. The predicted molar refractivity (Wildman–Crippen MR) is 155 cm³/mol. The summed E-state index contributed by atoms with van der Waals surface area (Å²) in [7, 11) is 0. The number of ketones is 1. The van der Waals surface area contributed by atoms with Gasteiger partial charge in [0.15, 0.2) is 11.6 Å². The molecule has 238 valence electrons. The fraction of sp³-hybridized carbons (Fsp3) is 0.633. The van der Waals surface area contributed by atoms with E-state index < -0.39 is 23.6 Å². The largest absolute Gasteiger partial charge is 0.528 e. The highest BCUT2D eigenvalue weighted by Crippen LogP contribution is 2.21. The Hall–Kier alpha value is -3.71. The lowest BCUT2D eigenvalue weighted by atomic mass is 9.96. The maximum Gasteiger partial charge on any atom is 0.528 e. The number of amides is 1. The van der Waals surface area contributed by atoms with Crippen molar-refractivity contribution < 1.29 is 43.4 Å². The van der Waals surface area contributed by atoms with E-state index in [1.165, 1.54) is 0 Å². The number of amidine groups is 1. The molecule has 1 atom stereocenters. The summed E-state index contributed by atoms with van der Waals surface area (Å²) in [5, 5.41) is 13.3. The second kappa shape index (κ2) is 15.7. The van der Waals surface area contributed by atoms with Crippen molar-refractivity contribution in [3.05, 3.63) is 35.4 Å². The van der Waals surface area contributed by atoms with Crippen LogP contribution in [0.3, 0.4) is 0 Å². The Morgan fingerprint density at radius 2 is 1.60 bits per heavy atom. The highest BCUT2D eigenvalue weighted by atomic mass is 16.8. The van der Waals surface area contributed by atoms with Gasteiger partial charge in [-0.25, -0.2) is 9.59 Å². The number of rotatable bonds is 11. The monoisotopic (exact) mass is 604 g/mol. The van der Waals surface area contributed by atoms with Gasteiger partial charge in [0.2, 0.25) is 5.91 Å². The number of likely N-dealkylation sites (tertiary alicyclic amines) is 1. The van der Waals surface area contributed by atoms with Crippen LogP contribution in [0.1, 0.15) is 75.7 Å². The van der Waals surface area contributed by atoms with Gasteiger partial charge < -0.3 is 34.9 Å². The molecule has 2 aliphatic heterocycles. The topological polar surface area (TPSA) is 170 Å². The van der Waals surface area contributed by atoms with Crippen molar-refractivity contribution in [1.82, 2.24) is 9.96 Å². The lowest BCUT2D eigenvalue weighted by Gasteiger charge is -2.33. The zero-order valence-corrected chi connectivity index (χ0v) is 25.5. The van der Waals surface area contributed by atoms with Gasteiger partial charge in [-0.15, -0.1) is 5.06 Å². The Morgan fingerprint density at radius 1 is 1.00 bits per heavy atom. The van der Waals surface area contributed by atoms with Crippen LogP contribution in [0.2, 0.25) is 0 Å². The number of nitrogens with two attached hydrogens (primary N) is 1. The summed E-state index contributed by atoms with van der Waals surface area (Å²) in [4.78, 5) is 56.6. The Bertz CT molecular complexity index is 1130. The molecule has 0 aliphatic carbocycles. The summed E-state index contributed by atoms with van der Waals surface area (Å²) in [6.45, 7) is 9.21. The number of carbonyl (C=O) groups is 4. The molecule has 3 N–H and O–H groups in total. The van der Waals surface area contributed by atoms with Crippen LogP contribution in [0.5, 0.6) is 0 Å². The van der Waals surface area contributed by atoms with E-state index in [0.29, 0.717) is 50.1 Å². The Morgan fingerprint density at radius 3 is 2.19 bits per heavy atom. The first-order chi connectivity index (χ1) is 20.3. The number of carbonyl (C=O) groups excluding carboxylic acids is 4. The van der Waals surface area contributed by atoms with Crippen LogP contribution in [-0.2, 0) is 28.6 Å². The smallest absolute Gasteiger partial charge is 0.464 e. The van der Waals surface area contributed by atoms with E-state index in [-0.39, 0.29) is 49.2 Å². The summed E-state index contributed by atoms with van der Waals surface area (Å²) in [5.41, 5.74) is 5.87. The summed E-state index contributed by atoms with van der Waals surface area (Å²) in [5.74, 6) is -1.06. The summed E-state index contributed by atoms with van der Waals surface area (Å²) in [6.07, 6.45) is 1.80. The van der Waals surface area contributed by atoms with Crippen molar-refractivity contribution in [2.24, 2.45) is 22.7 Å². The van der Waals surface area contributed by atoms with Gasteiger partial charge in [0.25, 0.3) is 0 Å². The molecular formula is C30H44N4O9. The van der Waals surface area contributed by atoms with Crippen LogP contribution in [0.4, 0.5) is 4.79 Å². The van der Waals surface area contributed by atoms with Gasteiger partial charge in [-0.1, -0.05) is 36.3 Å². The molecule has 1 aromatic rings. The van der Waals surface area contributed by atoms with Gasteiger partial charge in [-0.2, -0.15) is 0 Å². The van der Waals surface area contributed by atoms with E-state index in [9.17, 15) is 19.2 Å². The average molecular weight is 605 g/mol. The fourth-order valence-corrected chi connectivity index (χ4v) is 4.90. The van der Waals surface area contributed by atoms with Crippen LogP contribution >= 0.6 is 0 Å². The second-order valence-corrected chi connectivity index (χ2v) is 12.0. The minimum Gasteiger partial charge on any atom is -0.464 e. The molecule has 2 saturated heterocycles. The SMILES string of the molecule is C[C@H](CC(=O)c1ccc(/C(N)=N/O)cc1)C(=O)N1CCC(OCC(=O)OCC2CCN(OC(=O)OC(C)(C)C)CC2)CC1. The highest BCUT2D eigenvalue weighted by molar-refractivity contribution is 6.01. The van der Waals surface area contributed by atoms with Gasteiger partial charge >= 0.3 is 12.1 Å². The van der Waals surface area contributed by atoms with Crippen LogP contribution in [0, 0.1) is 11.8 Å². The van der Waals surface area contributed by atoms with Crippen LogP contribution in [0.25, 0.3) is 0 Å². The van der Waals surface area contributed by atoms with Gasteiger partial charge in [0, 0.05) is 49.6 Å². The third-order valence-corrected chi connectivity index (χ3v) is 7.36. The maximum atomic E-state index is 12.9. The number of hydrogen-bond acceptors (Lipinski definition) is 11. The summed E-state index contributed by atoms with van der Waals surface area (Å²) >= 11 is 0. The van der Waals surface area contributed by atoms with Gasteiger partial charge in [-0.05, 0) is 52.4 Å². The average Bonchev–Trinajstić information content (AvgIpc) is 2.98. The Balaban J connectivity index is 1.29. The zero-order valence-electron chi connectivity index (χ0n) is 25.5.